The Bertz CT molecular complexity index is 745. The van der Waals surface area contributed by atoms with E-state index in [4.69, 9.17) is 10.5 Å². The number of hydrogen-bond acceptors (Lipinski definition) is 5. The molecule has 1 aliphatic heterocycles. The van der Waals surface area contributed by atoms with Crippen LogP contribution in [0, 0.1) is 0 Å². The number of ether oxygens (including phenoxy) is 1. The van der Waals surface area contributed by atoms with Crippen LogP contribution in [0.1, 0.15) is 12.0 Å². The van der Waals surface area contributed by atoms with Gasteiger partial charge in [0.05, 0.1) is 18.0 Å². The Labute approximate surface area is 156 Å². The summed E-state index contributed by atoms with van der Waals surface area (Å²) >= 11 is 0. The molecule has 26 heavy (non-hydrogen) atoms. The molecule has 3 N–H and O–H groups in total. The van der Waals surface area contributed by atoms with Crippen LogP contribution in [0.15, 0.2) is 54.0 Å². The zero-order chi connectivity index (χ0) is 18.7. The second kappa shape index (κ2) is 7.34. The maximum Gasteiger partial charge on any atom is 0.139 e. The summed E-state index contributed by atoms with van der Waals surface area (Å²) in [5.41, 5.74) is 6.61. The number of aromatic nitrogens is 2. The van der Waals surface area contributed by atoms with Crippen LogP contribution in [0.25, 0.3) is 0 Å². The summed E-state index contributed by atoms with van der Waals surface area (Å²) in [7, 11) is -1.08. The van der Waals surface area contributed by atoms with Crippen LogP contribution in [0.4, 0.5) is 0 Å². The van der Waals surface area contributed by atoms with Crippen molar-refractivity contribution in [3.63, 3.8) is 0 Å². The summed E-state index contributed by atoms with van der Waals surface area (Å²) in [5.74, 6) is 0. The van der Waals surface area contributed by atoms with Gasteiger partial charge in [0.15, 0.2) is 0 Å². The molecule has 0 saturated carbocycles. The lowest BCUT2D eigenvalue weighted by atomic mass is 9.67. The van der Waals surface area contributed by atoms with Crippen molar-refractivity contribution in [2.75, 3.05) is 6.61 Å². The van der Waals surface area contributed by atoms with Crippen molar-refractivity contribution < 1.29 is 4.74 Å². The fourth-order valence-electron chi connectivity index (χ4n) is 3.25. The van der Waals surface area contributed by atoms with E-state index in [0.717, 1.165) is 24.6 Å². The normalized spacial score (nSPS) is 27.7. The molecule has 0 radical (unpaired) electrons. The molecule has 7 heteroatoms. The quantitative estimate of drug-likeness (QED) is 0.571. The van der Waals surface area contributed by atoms with Crippen molar-refractivity contribution in [3.8, 4) is 0 Å². The second-order valence-electron chi connectivity index (χ2n) is 8.19. The Balaban J connectivity index is 1.76. The standard InChI is InChI=1S/C19H29N5OSi/c1-26(2,3)12-11-25-16-24-14-17(13-23-24)18(7-5-4-6-8-18)19(20)9-10-21-15-22-19/h4-7,9-10,13-15H,8,11-12,16,20H2,1-3H3,(H,21,22). The van der Waals surface area contributed by atoms with Gasteiger partial charge in [-0.05, 0) is 18.5 Å². The van der Waals surface area contributed by atoms with Gasteiger partial charge in [-0.2, -0.15) is 5.10 Å². The van der Waals surface area contributed by atoms with Crippen molar-refractivity contribution in [1.82, 2.24) is 15.1 Å². The van der Waals surface area contributed by atoms with Gasteiger partial charge in [0.25, 0.3) is 0 Å². The highest BCUT2D eigenvalue weighted by molar-refractivity contribution is 6.76. The lowest BCUT2D eigenvalue weighted by molar-refractivity contribution is 0.0784. The van der Waals surface area contributed by atoms with Gasteiger partial charge in [-0.3, -0.25) is 0 Å². The molecule has 1 aliphatic carbocycles. The van der Waals surface area contributed by atoms with Gasteiger partial charge in [-0.1, -0.05) is 43.9 Å². The van der Waals surface area contributed by atoms with Crippen LogP contribution >= 0.6 is 0 Å². The molecule has 0 aromatic carbocycles. The first-order chi connectivity index (χ1) is 12.3. The molecular formula is C19H29N5OSi. The first kappa shape index (κ1) is 18.8. The average Bonchev–Trinajstić information content (AvgIpc) is 3.08. The van der Waals surface area contributed by atoms with Gasteiger partial charge in [-0.15, -0.1) is 0 Å². The number of nitrogens with two attached hydrogens (primary N) is 1. The summed E-state index contributed by atoms with van der Waals surface area (Å²) < 4.78 is 7.67. The van der Waals surface area contributed by atoms with Crippen LogP contribution < -0.4 is 11.1 Å². The summed E-state index contributed by atoms with van der Waals surface area (Å²) in [5, 5.41) is 7.73. The molecule has 6 nitrogen and oxygen atoms in total. The van der Waals surface area contributed by atoms with E-state index in [-0.39, 0.29) is 0 Å². The van der Waals surface area contributed by atoms with Crippen molar-refractivity contribution in [3.05, 3.63) is 54.5 Å². The minimum atomic E-state index is -1.08. The van der Waals surface area contributed by atoms with Crippen LogP contribution in [0.5, 0.6) is 0 Å². The molecule has 1 aromatic rings. The highest BCUT2D eigenvalue weighted by Gasteiger charge is 2.48. The van der Waals surface area contributed by atoms with Gasteiger partial charge >= 0.3 is 0 Å². The topological polar surface area (TPSA) is 77.5 Å². The highest BCUT2D eigenvalue weighted by atomic mass is 28.3. The number of nitrogens with one attached hydrogen (secondary N) is 1. The maximum atomic E-state index is 6.74. The fraction of sp³-hybridized carbons (Fsp3) is 0.474. The van der Waals surface area contributed by atoms with Crippen LogP contribution in [0.3, 0.4) is 0 Å². The summed E-state index contributed by atoms with van der Waals surface area (Å²) in [4.78, 5) is 4.09. The van der Waals surface area contributed by atoms with Gasteiger partial charge in [0, 0.05) is 32.6 Å². The first-order valence-electron chi connectivity index (χ1n) is 9.06. The van der Waals surface area contributed by atoms with Gasteiger partial charge in [0.2, 0.25) is 0 Å². The number of rotatable bonds is 7. The molecule has 0 bridgehead atoms. The second-order valence-corrected chi connectivity index (χ2v) is 13.8. The molecule has 1 aromatic heterocycles. The van der Waals surface area contributed by atoms with E-state index in [1.807, 2.05) is 35.3 Å². The first-order valence-corrected chi connectivity index (χ1v) is 12.8. The molecule has 2 aliphatic rings. The number of allylic oxidation sites excluding steroid dienone is 3. The lowest BCUT2D eigenvalue weighted by Crippen LogP contribution is -2.65. The number of nitrogens with zero attached hydrogens (tertiary/aromatic N) is 3. The van der Waals surface area contributed by atoms with Gasteiger partial charge < -0.3 is 15.8 Å². The van der Waals surface area contributed by atoms with E-state index >= 15 is 0 Å². The average molecular weight is 372 g/mol. The molecule has 0 saturated heterocycles. The van der Waals surface area contributed by atoms with E-state index < -0.39 is 19.2 Å². The molecule has 2 atom stereocenters. The number of hydrogen-bond donors (Lipinski definition) is 2. The summed E-state index contributed by atoms with van der Waals surface area (Å²) in [6.07, 6.45) is 18.4. The van der Waals surface area contributed by atoms with Crippen molar-refractivity contribution in [2.45, 2.75) is 49.9 Å². The molecule has 0 fully saturated rings. The Morgan fingerprint density at radius 3 is 2.81 bits per heavy atom. The van der Waals surface area contributed by atoms with E-state index in [2.05, 4.69) is 47.2 Å². The van der Waals surface area contributed by atoms with Crippen LogP contribution in [-0.2, 0) is 16.9 Å². The smallest absolute Gasteiger partial charge is 0.139 e. The molecule has 140 valence electrons. The lowest BCUT2D eigenvalue weighted by Gasteiger charge is -2.45. The van der Waals surface area contributed by atoms with Gasteiger partial charge in [0.1, 0.15) is 12.4 Å². The highest BCUT2D eigenvalue weighted by Crippen LogP contribution is 2.41. The predicted molar refractivity (Wildman–Crippen MR) is 109 cm³/mol. The third-order valence-corrected chi connectivity index (χ3v) is 6.68. The van der Waals surface area contributed by atoms with E-state index in [1.54, 1.807) is 12.5 Å². The predicted octanol–water partition coefficient (Wildman–Crippen LogP) is 2.75. The van der Waals surface area contributed by atoms with E-state index in [1.165, 1.54) is 0 Å². The summed E-state index contributed by atoms with van der Waals surface area (Å²) in [6, 6.07) is 1.15. The van der Waals surface area contributed by atoms with E-state index in [9.17, 15) is 0 Å². The monoisotopic (exact) mass is 371 g/mol. The molecule has 0 spiro atoms. The Morgan fingerprint density at radius 1 is 1.31 bits per heavy atom. The number of aliphatic imine (C=N–C) groups is 1. The molecule has 2 unspecified atom stereocenters. The van der Waals surface area contributed by atoms with Crippen LogP contribution in [0.2, 0.25) is 25.7 Å². The third-order valence-electron chi connectivity index (χ3n) is 4.98. The SMILES string of the molecule is C[Si](C)(C)CCOCn1cc(C2(C3(N)C=CN=CN3)C=CC=CC2)cn1. The van der Waals surface area contributed by atoms with Crippen molar-refractivity contribution >= 4 is 14.4 Å². The molecule has 3 rings (SSSR count). The Hall–Kier alpha value is -1.96. The zero-order valence-corrected chi connectivity index (χ0v) is 16.9. The van der Waals surface area contributed by atoms with E-state index in [0.29, 0.717) is 6.73 Å². The zero-order valence-electron chi connectivity index (χ0n) is 15.9. The maximum absolute atomic E-state index is 6.74. The molecular weight excluding hydrogens is 342 g/mol. The fourth-order valence-corrected chi connectivity index (χ4v) is 4.01. The Kier molecular flexibility index (Phi) is 5.31. The molecule has 0 amide bonds. The summed E-state index contributed by atoms with van der Waals surface area (Å²) in [6.45, 7) is 8.29. The minimum Gasteiger partial charge on any atom is -0.360 e. The molecule has 2 heterocycles. The largest absolute Gasteiger partial charge is 0.360 e. The van der Waals surface area contributed by atoms with Crippen molar-refractivity contribution in [2.24, 2.45) is 10.7 Å². The Morgan fingerprint density at radius 2 is 2.15 bits per heavy atom. The van der Waals surface area contributed by atoms with Crippen LogP contribution in [-0.4, -0.2) is 36.5 Å². The minimum absolute atomic E-state index is 0.429. The van der Waals surface area contributed by atoms with Gasteiger partial charge in [-0.25, -0.2) is 9.67 Å². The van der Waals surface area contributed by atoms with Crippen molar-refractivity contribution in [1.29, 1.82) is 0 Å². The third kappa shape index (κ3) is 3.90.